The summed E-state index contributed by atoms with van der Waals surface area (Å²) in [4.78, 5) is 15.0. The first-order valence-electron chi connectivity index (χ1n) is 10.8. The molecule has 1 saturated heterocycles. The summed E-state index contributed by atoms with van der Waals surface area (Å²) in [5, 5.41) is 3.09. The van der Waals surface area contributed by atoms with Gasteiger partial charge in [0.25, 0.3) is 0 Å². The number of amides is 1. The van der Waals surface area contributed by atoms with E-state index in [1.165, 1.54) is 11.1 Å². The van der Waals surface area contributed by atoms with E-state index in [2.05, 4.69) is 36.2 Å². The van der Waals surface area contributed by atoms with Gasteiger partial charge in [-0.05, 0) is 42.9 Å². The summed E-state index contributed by atoms with van der Waals surface area (Å²) < 4.78 is 11.8. The molecule has 1 unspecified atom stereocenters. The lowest BCUT2D eigenvalue weighted by atomic mass is 9.76. The fourth-order valence-corrected chi connectivity index (χ4v) is 4.61. The second kappa shape index (κ2) is 8.62. The summed E-state index contributed by atoms with van der Waals surface area (Å²) in [5.41, 5.74) is 2.23. The number of piperidine rings is 1. The van der Waals surface area contributed by atoms with Crippen molar-refractivity contribution >= 4 is 5.91 Å². The number of ether oxygens (including phenoxy) is 1. The number of benzene rings is 1. The molecule has 1 N–H and O–H groups in total. The van der Waals surface area contributed by atoms with Gasteiger partial charge in [-0.25, -0.2) is 0 Å². The van der Waals surface area contributed by atoms with E-state index in [1.54, 1.807) is 6.26 Å². The second-order valence-electron chi connectivity index (χ2n) is 9.03. The van der Waals surface area contributed by atoms with Crippen molar-refractivity contribution in [2.24, 2.45) is 5.92 Å². The van der Waals surface area contributed by atoms with Crippen molar-refractivity contribution in [1.29, 1.82) is 0 Å². The van der Waals surface area contributed by atoms with Crippen molar-refractivity contribution in [3.8, 4) is 5.75 Å². The smallest absolute Gasteiger partial charge is 0.220 e. The standard InChI is InChI=1S/C24H32N2O3/c1-18(2)15-25-23(27)13-20-14-24(29-22-6-4-3-5-21(20)22)8-10-26(11-9-24)16-19-7-12-28-17-19/h3-7,12,17-18,20H,8-11,13-16H2,1-2H3,(H,25,27). The van der Waals surface area contributed by atoms with Gasteiger partial charge in [0, 0.05) is 44.1 Å². The Labute approximate surface area is 173 Å². The largest absolute Gasteiger partial charge is 0.487 e. The monoisotopic (exact) mass is 396 g/mol. The highest BCUT2D eigenvalue weighted by atomic mass is 16.5. The fourth-order valence-electron chi connectivity index (χ4n) is 4.61. The van der Waals surface area contributed by atoms with Crippen LogP contribution in [0.3, 0.4) is 0 Å². The number of furan rings is 1. The summed E-state index contributed by atoms with van der Waals surface area (Å²) in [7, 11) is 0. The van der Waals surface area contributed by atoms with Crippen LogP contribution in [0.5, 0.6) is 5.75 Å². The zero-order valence-electron chi connectivity index (χ0n) is 17.5. The zero-order chi connectivity index (χ0) is 20.3. The molecule has 0 bridgehead atoms. The van der Waals surface area contributed by atoms with Gasteiger partial charge in [-0.2, -0.15) is 0 Å². The van der Waals surface area contributed by atoms with Crippen LogP contribution in [0.2, 0.25) is 0 Å². The molecule has 1 atom stereocenters. The molecule has 5 nitrogen and oxygen atoms in total. The maximum Gasteiger partial charge on any atom is 0.220 e. The van der Waals surface area contributed by atoms with Crippen LogP contribution in [0.1, 0.15) is 56.6 Å². The Kier molecular flexibility index (Phi) is 5.95. The van der Waals surface area contributed by atoms with Crippen molar-refractivity contribution in [3.05, 3.63) is 54.0 Å². The van der Waals surface area contributed by atoms with Crippen LogP contribution in [-0.4, -0.2) is 36.0 Å². The van der Waals surface area contributed by atoms with E-state index in [-0.39, 0.29) is 17.4 Å². The number of nitrogens with one attached hydrogen (secondary N) is 1. The molecular weight excluding hydrogens is 364 g/mol. The van der Waals surface area contributed by atoms with E-state index >= 15 is 0 Å². The molecule has 156 valence electrons. The van der Waals surface area contributed by atoms with Gasteiger partial charge < -0.3 is 14.5 Å². The number of fused-ring (bicyclic) bond motifs is 1. The molecule has 2 aliphatic rings. The number of carbonyl (C=O) groups excluding carboxylic acids is 1. The van der Waals surface area contributed by atoms with E-state index in [0.717, 1.165) is 51.2 Å². The molecular formula is C24H32N2O3. The molecule has 1 fully saturated rings. The van der Waals surface area contributed by atoms with Gasteiger partial charge in [-0.1, -0.05) is 32.0 Å². The fraction of sp³-hybridized carbons (Fsp3) is 0.542. The Morgan fingerprint density at radius 3 is 2.76 bits per heavy atom. The van der Waals surface area contributed by atoms with E-state index < -0.39 is 0 Å². The van der Waals surface area contributed by atoms with Crippen LogP contribution in [0.25, 0.3) is 0 Å². The quantitative estimate of drug-likeness (QED) is 0.789. The number of rotatable bonds is 6. The topological polar surface area (TPSA) is 54.7 Å². The molecule has 1 aromatic heterocycles. The summed E-state index contributed by atoms with van der Waals surface area (Å²) in [5.74, 6) is 1.79. The molecule has 5 heteroatoms. The number of carbonyl (C=O) groups is 1. The Bertz CT molecular complexity index is 807. The van der Waals surface area contributed by atoms with Crippen LogP contribution in [-0.2, 0) is 11.3 Å². The SMILES string of the molecule is CC(C)CNC(=O)CC1CC2(CCN(Cc3ccoc3)CC2)Oc2ccccc21. The molecule has 29 heavy (non-hydrogen) atoms. The Balaban J connectivity index is 1.43. The van der Waals surface area contributed by atoms with Crippen molar-refractivity contribution in [2.45, 2.75) is 57.6 Å². The molecule has 2 aliphatic heterocycles. The summed E-state index contributed by atoms with van der Waals surface area (Å²) in [6.07, 6.45) is 6.99. The second-order valence-corrected chi connectivity index (χ2v) is 9.03. The van der Waals surface area contributed by atoms with E-state index in [4.69, 9.17) is 9.15 Å². The summed E-state index contributed by atoms with van der Waals surface area (Å²) >= 11 is 0. The molecule has 3 heterocycles. The lowest BCUT2D eigenvalue weighted by Crippen LogP contribution is -2.50. The van der Waals surface area contributed by atoms with Crippen LogP contribution in [0.15, 0.2) is 47.3 Å². The maximum atomic E-state index is 12.6. The Morgan fingerprint density at radius 1 is 1.24 bits per heavy atom. The third kappa shape index (κ3) is 4.84. The van der Waals surface area contributed by atoms with Gasteiger partial charge in [0.05, 0.1) is 12.5 Å². The molecule has 1 amide bonds. The molecule has 0 radical (unpaired) electrons. The number of hydrogen-bond acceptors (Lipinski definition) is 4. The van der Waals surface area contributed by atoms with Crippen LogP contribution < -0.4 is 10.1 Å². The molecule has 1 aromatic carbocycles. The highest BCUT2D eigenvalue weighted by Crippen LogP contribution is 2.46. The highest BCUT2D eigenvalue weighted by Gasteiger charge is 2.43. The normalized spacial score (nSPS) is 21.0. The molecule has 1 spiro atoms. The third-order valence-electron chi connectivity index (χ3n) is 6.20. The van der Waals surface area contributed by atoms with Crippen molar-refractivity contribution < 1.29 is 13.9 Å². The molecule has 4 rings (SSSR count). The average Bonchev–Trinajstić information content (AvgIpc) is 3.21. The molecule has 0 saturated carbocycles. The number of nitrogens with zero attached hydrogens (tertiary/aromatic N) is 1. The van der Waals surface area contributed by atoms with Gasteiger partial charge in [0.15, 0.2) is 0 Å². The third-order valence-corrected chi connectivity index (χ3v) is 6.20. The van der Waals surface area contributed by atoms with Crippen LogP contribution in [0, 0.1) is 5.92 Å². The Morgan fingerprint density at radius 2 is 2.03 bits per heavy atom. The van der Waals surface area contributed by atoms with Crippen LogP contribution in [0.4, 0.5) is 0 Å². The van der Waals surface area contributed by atoms with Gasteiger partial charge >= 0.3 is 0 Å². The van der Waals surface area contributed by atoms with Crippen molar-refractivity contribution in [1.82, 2.24) is 10.2 Å². The maximum absolute atomic E-state index is 12.6. The first kappa shape index (κ1) is 20.0. The first-order chi connectivity index (χ1) is 14.0. The number of likely N-dealkylation sites (tertiary alicyclic amines) is 1. The number of para-hydroxylation sites is 1. The lowest BCUT2D eigenvalue weighted by Gasteiger charge is -2.47. The zero-order valence-corrected chi connectivity index (χ0v) is 17.5. The lowest BCUT2D eigenvalue weighted by molar-refractivity contribution is -0.122. The molecule has 0 aliphatic carbocycles. The van der Waals surface area contributed by atoms with E-state index in [0.29, 0.717) is 12.3 Å². The van der Waals surface area contributed by atoms with Gasteiger partial charge in [0.1, 0.15) is 11.4 Å². The molecule has 2 aromatic rings. The van der Waals surface area contributed by atoms with Crippen molar-refractivity contribution in [2.75, 3.05) is 19.6 Å². The highest BCUT2D eigenvalue weighted by molar-refractivity contribution is 5.77. The predicted octanol–water partition coefficient (Wildman–Crippen LogP) is 4.34. The minimum absolute atomic E-state index is 0.146. The van der Waals surface area contributed by atoms with E-state index in [9.17, 15) is 4.79 Å². The first-order valence-corrected chi connectivity index (χ1v) is 10.8. The van der Waals surface area contributed by atoms with Gasteiger partial charge in [-0.15, -0.1) is 0 Å². The Hall–Kier alpha value is -2.27. The van der Waals surface area contributed by atoms with Gasteiger partial charge in [0.2, 0.25) is 5.91 Å². The van der Waals surface area contributed by atoms with Gasteiger partial charge in [-0.3, -0.25) is 9.69 Å². The summed E-state index contributed by atoms with van der Waals surface area (Å²) in [6, 6.07) is 10.3. The number of hydrogen-bond donors (Lipinski definition) is 1. The van der Waals surface area contributed by atoms with Crippen LogP contribution >= 0.6 is 0 Å². The van der Waals surface area contributed by atoms with E-state index in [1.807, 2.05) is 24.5 Å². The average molecular weight is 397 g/mol. The minimum atomic E-state index is -0.162. The summed E-state index contributed by atoms with van der Waals surface area (Å²) in [6.45, 7) is 7.90. The predicted molar refractivity (Wildman–Crippen MR) is 113 cm³/mol. The minimum Gasteiger partial charge on any atom is -0.487 e. The van der Waals surface area contributed by atoms with Crippen molar-refractivity contribution in [3.63, 3.8) is 0 Å².